The number of unbranched alkanes of at least 4 members (excludes halogenated alkanes) is 1. The number of amides is 2. The van der Waals surface area contributed by atoms with E-state index >= 15 is 0 Å². The summed E-state index contributed by atoms with van der Waals surface area (Å²) in [5, 5.41) is 10.9. The van der Waals surface area contributed by atoms with Gasteiger partial charge in [-0.1, -0.05) is 74.0 Å². The molecule has 7 nitrogen and oxygen atoms in total. The van der Waals surface area contributed by atoms with E-state index in [9.17, 15) is 9.59 Å². The van der Waals surface area contributed by atoms with Gasteiger partial charge in [0.15, 0.2) is 5.82 Å². The van der Waals surface area contributed by atoms with Crippen molar-refractivity contribution in [3.63, 3.8) is 0 Å². The van der Waals surface area contributed by atoms with Crippen molar-refractivity contribution in [3.05, 3.63) is 89.1 Å². The number of rotatable bonds is 9. The Morgan fingerprint density at radius 3 is 2.18 bits per heavy atom. The van der Waals surface area contributed by atoms with Crippen molar-refractivity contribution in [2.45, 2.75) is 19.8 Å². The molecule has 2 aromatic carbocycles. The largest absolute Gasteiger partial charge is 0.352 e. The first kappa shape index (κ1) is 26.6. The van der Waals surface area contributed by atoms with Gasteiger partial charge in [0.05, 0.1) is 10.6 Å². The molecule has 2 aromatic heterocycles. The summed E-state index contributed by atoms with van der Waals surface area (Å²) < 4.78 is 0. The number of piperazine rings is 1. The molecule has 0 spiro atoms. The molecule has 4 aromatic rings. The number of benzene rings is 2. The first-order chi connectivity index (χ1) is 19.1. The van der Waals surface area contributed by atoms with E-state index in [2.05, 4.69) is 58.4 Å². The SMILES string of the molecule is CCCCN(CC(=O)N1CCN(c2ccc(-c3ccc(-c4ccccc4)cc3)nn2)CC1)C(=O)c1cccs1. The zero-order valence-electron chi connectivity index (χ0n) is 22.2. The van der Waals surface area contributed by atoms with Crippen LogP contribution < -0.4 is 4.90 Å². The van der Waals surface area contributed by atoms with E-state index in [-0.39, 0.29) is 18.4 Å². The summed E-state index contributed by atoms with van der Waals surface area (Å²) in [5.74, 6) is 0.746. The van der Waals surface area contributed by atoms with Crippen LogP contribution in [0.25, 0.3) is 22.4 Å². The molecule has 1 saturated heterocycles. The molecule has 1 aliphatic rings. The monoisotopic (exact) mass is 539 g/mol. The fourth-order valence-electron chi connectivity index (χ4n) is 4.72. The highest BCUT2D eigenvalue weighted by Crippen LogP contribution is 2.24. The number of aromatic nitrogens is 2. The van der Waals surface area contributed by atoms with Gasteiger partial charge in [-0.05, 0) is 41.1 Å². The van der Waals surface area contributed by atoms with E-state index in [4.69, 9.17) is 0 Å². The lowest BCUT2D eigenvalue weighted by molar-refractivity contribution is -0.132. The standard InChI is InChI=1S/C31H33N5O2S/c1-2-3-17-36(31(38)28-10-7-22-39-28)23-30(37)35-20-18-34(19-21-35)29-16-15-27(32-33-29)26-13-11-25(12-14-26)24-8-5-4-6-9-24/h4-16,22H,2-3,17-21,23H2,1H3. The molecule has 2 amide bonds. The lowest BCUT2D eigenvalue weighted by Crippen LogP contribution is -2.52. The second kappa shape index (κ2) is 12.7. The summed E-state index contributed by atoms with van der Waals surface area (Å²) >= 11 is 1.42. The second-order valence-corrected chi connectivity index (χ2v) is 10.6. The Balaban J connectivity index is 1.16. The minimum Gasteiger partial charge on any atom is -0.352 e. The zero-order valence-corrected chi connectivity index (χ0v) is 23.0. The van der Waals surface area contributed by atoms with E-state index in [1.54, 1.807) is 4.90 Å². The fourth-order valence-corrected chi connectivity index (χ4v) is 5.41. The van der Waals surface area contributed by atoms with Crippen molar-refractivity contribution < 1.29 is 9.59 Å². The molecule has 1 aliphatic heterocycles. The Hall–Kier alpha value is -4.04. The van der Waals surface area contributed by atoms with Crippen molar-refractivity contribution >= 4 is 29.0 Å². The molecular formula is C31H33N5O2S. The van der Waals surface area contributed by atoms with Gasteiger partial charge < -0.3 is 14.7 Å². The van der Waals surface area contributed by atoms with Crippen molar-refractivity contribution in [1.82, 2.24) is 20.0 Å². The molecule has 8 heteroatoms. The van der Waals surface area contributed by atoms with Crippen LogP contribution in [0.2, 0.25) is 0 Å². The lowest BCUT2D eigenvalue weighted by Gasteiger charge is -2.36. The molecule has 0 aliphatic carbocycles. The van der Waals surface area contributed by atoms with Crippen molar-refractivity contribution in [2.75, 3.05) is 44.2 Å². The number of carbonyl (C=O) groups is 2. The highest BCUT2D eigenvalue weighted by molar-refractivity contribution is 7.12. The molecule has 3 heterocycles. The smallest absolute Gasteiger partial charge is 0.264 e. The Bertz CT molecular complexity index is 1350. The number of carbonyl (C=O) groups excluding carboxylic acids is 2. The maximum atomic E-state index is 13.1. The Morgan fingerprint density at radius 1 is 0.821 bits per heavy atom. The van der Waals surface area contributed by atoms with Gasteiger partial charge >= 0.3 is 0 Å². The lowest BCUT2D eigenvalue weighted by atomic mass is 10.0. The molecule has 5 rings (SSSR count). The highest BCUT2D eigenvalue weighted by atomic mass is 32.1. The quantitative estimate of drug-likeness (QED) is 0.282. The highest BCUT2D eigenvalue weighted by Gasteiger charge is 2.26. The van der Waals surface area contributed by atoms with Gasteiger partial charge in [0.25, 0.3) is 5.91 Å². The van der Waals surface area contributed by atoms with Gasteiger partial charge in [-0.25, -0.2) is 0 Å². The average Bonchev–Trinajstić information content (AvgIpc) is 3.55. The number of nitrogens with zero attached hydrogens (tertiary/aromatic N) is 5. The molecule has 0 N–H and O–H groups in total. The third kappa shape index (κ3) is 6.52. The summed E-state index contributed by atoms with van der Waals surface area (Å²) in [6.45, 7) is 5.35. The van der Waals surface area contributed by atoms with Crippen LogP contribution in [-0.4, -0.2) is 71.1 Å². The van der Waals surface area contributed by atoms with Crippen LogP contribution in [0.4, 0.5) is 5.82 Å². The summed E-state index contributed by atoms with van der Waals surface area (Å²) in [6.07, 6.45) is 1.85. The predicted molar refractivity (Wildman–Crippen MR) is 157 cm³/mol. The first-order valence-corrected chi connectivity index (χ1v) is 14.4. The van der Waals surface area contributed by atoms with Crippen LogP contribution >= 0.6 is 11.3 Å². The van der Waals surface area contributed by atoms with Crippen molar-refractivity contribution in [1.29, 1.82) is 0 Å². The Morgan fingerprint density at radius 2 is 1.54 bits per heavy atom. The van der Waals surface area contributed by atoms with Crippen LogP contribution in [0.1, 0.15) is 29.4 Å². The molecule has 0 atom stereocenters. The van der Waals surface area contributed by atoms with E-state index in [0.29, 0.717) is 37.6 Å². The van der Waals surface area contributed by atoms with E-state index in [0.717, 1.165) is 29.9 Å². The molecule has 1 fully saturated rings. The Labute approximate surface area is 233 Å². The van der Waals surface area contributed by atoms with Gasteiger partial charge in [0, 0.05) is 38.3 Å². The molecule has 0 bridgehead atoms. The van der Waals surface area contributed by atoms with Gasteiger partial charge in [-0.3, -0.25) is 9.59 Å². The molecular weight excluding hydrogens is 506 g/mol. The predicted octanol–water partition coefficient (Wildman–Crippen LogP) is 5.46. The van der Waals surface area contributed by atoms with Crippen LogP contribution in [0, 0.1) is 0 Å². The maximum Gasteiger partial charge on any atom is 0.264 e. The van der Waals surface area contributed by atoms with Crippen LogP contribution in [-0.2, 0) is 4.79 Å². The van der Waals surface area contributed by atoms with Crippen LogP contribution in [0.3, 0.4) is 0 Å². The van der Waals surface area contributed by atoms with E-state index in [1.165, 1.54) is 22.5 Å². The van der Waals surface area contributed by atoms with Crippen LogP contribution in [0.15, 0.2) is 84.2 Å². The van der Waals surface area contributed by atoms with E-state index in [1.807, 2.05) is 52.7 Å². The summed E-state index contributed by atoms with van der Waals surface area (Å²) in [5.41, 5.74) is 4.20. The molecule has 0 radical (unpaired) electrons. The summed E-state index contributed by atoms with van der Waals surface area (Å²) in [4.78, 5) is 32.4. The normalized spacial score (nSPS) is 13.4. The minimum atomic E-state index is -0.0597. The number of thiophene rings is 1. The van der Waals surface area contributed by atoms with Gasteiger partial charge in [-0.2, -0.15) is 0 Å². The van der Waals surface area contributed by atoms with Crippen molar-refractivity contribution in [3.8, 4) is 22.4 Å². The summed E-state index contributed by atoms with van der Waals surface area (Å²) in [7, 11) is 0. The molecule has 200 valence electrons. The van der Waals surface area contributed by atoms with Crippen LogP contribution in [0.5, 0.6) is 0 Å². The maximum absolute atomic E-state index is 13.1. The summed E-state index contributed by atoms with van der Waals surface area (Å²) in [6, 6.07) is 26.3. The third-order valence-corrected chi connectivity index (χ3v) is 7.88. The number of hydrogen-bond donors (Lipinski definition) is 0. The minimum absolute atomic E-state index is 0.00367. The van der Waals surface area contributed by atoms with Gasteiger partial charge in [-0.15, -0.1) is 21.5 Å². The molecule has 0 saturated carbocycles. The van der Waals surface area contributed by atoms with E-state index < -0.39 is 0 Å². The Kier molecular flexibility index (Phi) is 8.63. The van der Waals surface area contributed by atoms with Gasteiger partial charge in [0.2, 0.25) is 5.91 Å². The molecule has 0 unspecified atom stereocenters. The zero-order chi connectivity index (χ0) is 27.0. The third-order valence-electron chi connectivity index (χ3n) is 7.02. The molecule has 39 heavy (non-hydrogen) atoms. The number of hydrogen-bond acceptors (Lipinski definition) is 6. The topological polar surface area (TPSA) is 69.6 Å². The number of anilines is 1. The second-order valence-electron chi connectivity index (χ2n) is 9.65. The van der Waals surface area contributed by atoms with Crippen molar-refractivity contribution in [2.24, 2.45) is 0 Å². The first-order valence-electron chi connectivity index (χ1n) is 13.5. The van der Waals surface area contributed by atoms with Gasteiger partial charge in [0.1, 0.15) is 6.54 Å². The average molecular weight is 540 g/mol. The fraction of sp³-hybridized carbons (Fsp3) is 0.290.